The van der Waals surface area contributed by atoms with Crippen LogP contribution in [0.5, 0.6) is 5.75 Å². The molecule has 3 aromatic rings. The minimum absolute atomic E-state index is 0.0690. The molecule has 132 valence electrons. The smallest absolute Gasteiger partial charge is 0.264 e. The van der Waals surface area contributed by atoms with E-state index in [-0.39, 0.29) is 10.8 Å². The molecule has 0 saturated heterocycles. The number of sulfonamides is 1. The largest absolute Gasteiger partial charge is 0.495 e. The van der Waals surface area contributed by atoms with Gasteiger partial charge >= 0.3 is 0 Å². The minimum Gasteiger partial charge on any atom is -0.495 e. The number of aromatic nitrogens is 3. The summed E-state index contributed by atoms with van der Waals surface area (Å²) in [4.78, 5) is 3.10. The van der Waals surface area contributed by atoms with Gasteiger partial charge in [0.2, 0.25) is 5.89 Å². The number of H-pyrrole nitrogens is 1. The van der Waals surface area contributed by atoms with Gasteiger partial charge in [-0.05, 0) is 26.0 Å². The van der Waals surface area contributed by atoms with Crippen LogP contribution in [0.4, 0.5) is 5.69 Å². The second-order valence-corrected chi connectivity index (χ2v) is 7.13. The van der Waals surface area contributed by atoms with E-state index in [1.807, 2.05) is 0 Å². The molecular formula is C16H18N4O4S. The molecule has 0 aliphatic rings. The molecule has 0 amide bonds. The quantitative estimate of drug-likeness (QED) is 0.722. The lowest BCUT2D eigenvalue weighted by molar-refractivity contribution is 0.417. The first-order chi connectivity index (χ1) is 11.8. The molecular weight excluding hydrogens is 344 g/mol. The zero-order valence-electron chi connectivity index (χ0n) is 14.2. The van der Waals surface area contributed by atoms with Gasteiger partial charge < -0.3 is 14.1 Å². The first kappa shape index (κ1) is 17.0. The summed E-state index contributed by atoms with van der Waals surface area (Å²) >= 11 is 0. The molecule has 0 fully saturated rings. The van der Waals surface area contributed by atoms with Gasteiger partial charge in [0, 0.05) is 18.3 Å². The fourth-order valence-corrected chi connectivity index (χ4v) is 4.20. The van der Waals surface area contributed by atoms with Gasteiger partial charge in [-0.3, -0.25) is 4.72 Å². The molecule has 0 atom stereocenters. The van der Waals surface area contributed by atoms with Crippen molar-refractivity contribution in [2.45, 2.75) is 25.7 Å². The minimum atomic E-state index is -3.91. The summed E-state index contributed by atoms with van der Waals surface area (Å²) in [6.45, 7) is 5.08. The van der Waals surface area contributed by atoms with E-state index in [2.05, 4.69) is 19.9 Å². The number of anilines is 1. The Labute approximate surface area is 145 Å². The van der Waals surface area contributed by atoms with E-state index < -0.39 is 10.0 Å². The maximum atomic E-state index is 13.0. The number of aryl methyl sites for hydroxylation is 3. The second-order valence-electron chi connectivity index (χ2n) is 5.51. The maximum Gasteiger partial charge on any atom is 0.264 e. The van der Waals surface area contributed by atoms with E-state index in [4.69, 9.17) is 9.15 Å². The van der Waals surface area contributed by atoms with E-state index in [1.165, 1.54) is 7.11 Å². The average molecular weight is 362 g/mol. The van der Waals surface area contributed by atoms with Crippen LogP contribution in [0, 0.1) is 20.8 Å². The SMILES string of the molecule is COc1ccccc1NS(=O)(=O)c1c(C)[nH]c(C)c1-c1nnc(C)o1. The molecule has 0 unspecified atom stereocenters. The zero-order chi connectivity index (χ0) is 18.2. The molecule has 0 aliphatic heterocycles. The lowest BCUT2D eigenvalue weighted by Crippen LogP contribution is -2.15. The molecule has 0 aliphatic carbocycles. The van der Waals surface area contributed by atoms with Crippen molar-refractivity contribution in [2.24, 2.45) is 0 Å². The third kappa shape index (κ3) is 3.10. The molecule has 0 bridgehead atoms. The Morgan fingerprint density at radius 3 is 2.48 bits per heavy atom. The number of nitrogens with one attached hydrogen (secondary N) is 2. The lowest BCUT2D eigenvalue weighted by Gasteiger charge is -2.12. The van der Waals surface area contributed by atoms with Crippen LogP contribution >= 0.6 is 0 Å². The van der Waals surface area contributed by atoms with Crippen molar-refractivity contribution in [2.75, 3.05) is 11.8 Å². The molecule has 1 aromatic carbocycles. The number of rotatable bonds is 5. The van der Waals surface area contributed by atoms with Crippen LogP contribution in [0.2, 0.25) is 0 Å². The topological polar surface area (TPSA) is 110 Å². The normalized spacial score (nSPS) is 11.5. The number of methoxy groups -OCH3 is 1. The van der Waals surface area contributed by atoms with Gasteiger partial charge in [0.1, 0.15) is 10.6 Å². The summed E-state index contributed by atoms with van der Waals surface area (Å²) in [7, 11) is -2.44. The van der Waals surface area contributed by atoms with E-state index in [1.54, 1.807) is 45.0 Å². The van der Waals surface area contributed by atoms with Crippen molar-refractivity contribution in [1.29, 1.82) is 0 Å². The molecule has 0 radical (unpaired) electrons. The Kier molecular flexibility index (Phi) is 4.25. The monoisotopic (exact) mass is 362 g/mol. The van der Waals surface area contributed by atoms with E-state index in [0.717, 1.165) is 0 Å². The van der Waals surface area contributed by atoms with Gasteiger partial charge in [0.15, 0.2) is 0 Å². The molecule has 2 aromatic heterocycles. The van der Waals surface area contributed by atoms with Gasteiger partial charge in [0.25, 0.3) is 15.9 Å². The zero-order valence-corrected chi connectivity index (χ0v) is 15.1. The Morgan fingerprint density at radius 2 is 1.84 bits per heavy atom. The van der Waals surface area contributed by atoms with E-state index in [9.17, 15) is 8.42 Å². The van der Waals surface area contributed by atoms with Gasteiger partial charge in [-0.2, -0.15) is 0 Å². The highest BCUT2D eigenvalue weighted by Gasteiger charge is 2.29. The maximum absolute atomic E-state index is 13.0. The molecule has 25 heavy (non-hydrogen) atoms. The third-order valence-corrected chi connectivity index (χ3v) is 5.21. The molecule has 0 spiro atoms. The van der Waals surface area contributed by atoms with Crippen molar-refractivity contribution in [1.82, 2.24) is 15.2 Å². The third-order valence-electron chi connectivity index (χ3n) is 3.68. The summed E-state index contributed by atoms with van der Waals surface area (Å²) in [6, 6.07) is 6.78. The van der Waals surface area contributed by atoms with Gasteiger partial charge in [-0.1, -0.05) is 12.1 Å². The summed E-state index contributed by atoms with van der Waals surface area (Å²) in [6.07, 6.45) is 0. The number of ether oxygens (including phenoxy) is 1. The van der Waals surface area contributed by atoms with Crippen LogP contribution < -0.4 is 9.46 Å². The van der Waals surface area contributed by atoms with Crippen molar-refractivity contribution in [3.63, 3.8) is 0 Å². The Balaban J connectivity index is 2.12. The predicted molar refractivity (Wildman–Crippen MR) is 92.1 cm³/mol. The van der Waals surface area contributed by atoms with Crippen molar-refractivity contribution >= 4 is 15.7 Å². The van der Waals surface area contributed by atoms with Crippen LogP contribution in [-0.2, 0) is 10.0 Å². The summed E-state index contributed by atoms with van der Waals surface area (Å²) < 4.78 is 39.3. The number of para-hydroxylation sites is 2. The van der Waals surface area contributed by atoms with Gasteiger partial charge in [0.05, 0.1) is 18.4 Å². The molecule has 8 nitrogen and oxygen atoms in total. The molecule has 3 rings (SSSR count). The first-order valence-corrected chi connectivity index (χ1v) is 8.97. The standard InChI is InChI=1S/C16H18N4O4S/c1-9-14(16-19-18-11(3)24-16)15(10(2)17-9)25(21,22)20-12-7-5-6-8-13(12)23-4/h5-8,17,20H,1-4H3. The summed E-state index contributed by atoms with van der Waals surface area (Å²) in [5, 5.41) is 7.73. The van der Waals surface area contributed by atoms with Crippen LogP contribution in [0.3, 0.4) is 0 Å². The van der Waals surface area contributed by atoms with Crippen molar-refractivity contribution < 1.29 is 17.6 Å². The Hall–Kier alpha value is -2.81. The first-order valence-electron chi connectivity index (χ1n) is 7.49. The highest BCUT2D eigenvalue weighted by Crippen LogP contribution is 2.35. The van der Waals surface area contributed by atoms with E-state index >= 15 is 0 Å². The number of hydrogen-bond acceptors (Lipinski definition) is 6. The van der Waals surface area contributed by atoms with Crippen LogP contribution in [0.1, 0.15) is 17.3 Å². The van der Waals surface area contributed by atoms with Crippen LogP contribution in [0.25, 0.3) is 11.5 Å². The van der Waals surface area contributed by atoms with Crippen LogP contribution in [0.15, 0.2) is 33.6 Å². The molecule has 9 heteroatoms. The summed E-state index contributed by atoms with van der Waals surface area (Å²) in [5.41, 5.74) is 1.81. The number of aromatic amines is 1. The highest BCUT2D eigenvalue weighted by atomic mass is 32.2. The van der Waals surface area contributed by atoms with Crippen LogP contribution in [-0.4, -0.2) is 30.7 Å². The van der Waals surface area contributed by atoms with Gasteiger partial charge in [-0.15, -0.1) is 10.2 Å². The van der Waals surface area contributed by atoms with Gasteiger partial charge in [-0.25, -0.2) is 8.42 Å². The molecule has 0 saturated carbocycles. The average Bonchev–Trinajstić information content (AvgIpc) is 3.10. The number of nitrogens with zero attached hydrogens (tertiary/aromatic N) is 2. The molecule has 2 N–H and O–H groups in total. The Bertz CT molecular complexity index is 1020. The van der Waals surface area contributed by atoms with Crippen molar-refractivity contribution in [3.8, 4) is 17.2 Å². The molecule has 2 heterocycles. The fourth-order valence-electron chi connectivity index (χ4n) is 2.67. The fraction of sp³-hybridized carbons (Fsp3) is 0.250. The lowest BCUT2D eigenvalue weighted by atomic mass is 10.2. The second kappa shape index (κ2) is 6.25. The summed E-state index contributed by atoms with van der Waals surface area (Å²) in [5.74, 6) is 0.931. The van der Waals surface area contributed by atoms with E-state index in [0.29, 0.717) is 34.3 Å². The van der Waals surface area contributed by atoms with Crippen molar-refractivity contribution in [3.05, 3.63) is 41.5 Å². The highest BCUT2D eigenvalue weighted by molar-refractivity contribution is 7.93. The predicted octanol–water partition coefficient (Wildman–Crippen LogP) is 2.80. The number of hydrogen-bond donors (Lipinski definition) is 2. The number of benzene rings is 1. The Morgan fingerprint density at radius 1 is 1.12 bits per heavy atom.